The van der Waals surface area contributed by atoms with Gasteiger partial charge >= 0.3 is 0 Å². The summed E-state index contributed by atoms with van der Waals surface area (Å²) in [6.07, 6.45) is 4.82. The van der Waals surface area contributed by atoms with Crippen molar-refractivity contribution in [2.24, 2.45) is 5.73 Å². The fourth-order valence-corrected chi connectivity index (χ4v) is 4.49. The second-order valence-corrected chi connectivity index (χ2v) is 8.86. The molecule has 0 spiro atoms. The van der Waals surface area contributed by atoms with Crippen LogP contribution in [0.3, 0.4) is 0 Å². The maximum Gasteiger partial charge on any atom is 0.253 e. The van der Waals surface area contributed by atoms with Crippen LogP contribution in [0.15, 0.2) is 72.9 Å². The second kappa shape index (κ2) is 8.02. The van der Waals surface area contributed by atoms with Gasteiger partial charge in [-0.3, -0.25) is 0 Å². The molecule has 3 aromatic carbocycles. The molecule has 0 aliphatic heterocycles. The van der Waals surface area contributed by atoms with Gasteiger partial charge in [0.15, 0.2) is 23.3 Å². The molecular weight excluding hydrogens is 451 g/mol. The number of fused-ring (bicyclic) bond motifs is 1. The number of halogens is 3. The van der Waals surface area contributed by atoms with Gasteiger partial charge in [-0.1, -0.05) is 54.6 Å². The van der Waals surface area contributed by atoms with E-state index in [0.29, 0.717) is 5.69 Å². The molecule has 0 atom stereocenters. The van der Waals surface area contributed by atoms with Gasteiger partial charge in [0.1, 0.15) is 0 Å². The molecule has 0 saturated heterocycles. The Hall–Kier alpha value is -4.04. The minimum atomic E-state index is -1.57. The predicted octanol–water partition coefficient (Wildman–Crippen LogP) is 5.88. The summed E-state index contributed by atoms with van der Waals surface area (Å²) in [5.41, 5.74) is 10.3. The Kier molecular flexibility index (Phi) is 4.93. The van der Waals surface area contributed by atoms with Gasteiger partial charge in [0.05, 0.1) is 11.3 Å². The molecule has 6 rings (SSSR count). The van der Waals surface area contributed by atoms with E-state index in [4.69, 9.17) is 10.7 Å². The summed E-state index contributed by atoms with van der Waals surface area (Å²) in [6, 6.07) is 19.7. The first-order valence-electron chi connectivity index (χ1n) is 11.3. The van der Waals surface area contributed by atoms with Crippen LogP contribution in [0, 0.1) is 17.5 Å². The van der Waals surface area contributed by atoms with E-state index in [1.165, 1.54) is 4.52 Å². The largest absolute Gasteiger partial charge is 0.321 e. The molecule has 35 heavy (non-hydrogen) atoms. The average Bonchev–Trinajstić information content (AvgIpc) is 3.28. The molecule has 0 amide bonds. The first-order chi connectivity index (χ1) is 16.9. The van der Waals surface area contributed by atoms with Crippen LogP contribution in [0.4, 0.5) is 13.2 Å². The highest BCUT2D eigenvalue weighted by atomic mass is 19.2. The fourth-order valence-electron chi connectivity index (χ4n) is 4.49. The molecule has 174 valence electrons. The van der Waals surface area contributed by atoms with E-state index in [9.17, 15) is 13.2 Å². The third-order valence-electron chi connectivity index (χ3n) is 6.67. The maximum absolute atomic E-state index is 14.4. The minimum absolute atomic E-state index is 0.0875. The molecule has 5 aromatic rings. The Bertz CT molecular complexity index is 1560. The number of nitrogens with two attached hydrogens (primary N) is 1. The highest BCUT2D eigenvalue weighted by Crippen LogP contribution is 2.40. The van der Waals surface area contributed by atoms with Gasteiger partial charge < -0.3 is 5.73 Å². The van der Waals surface area contributed by atoms with E-state index in [0.717, 1.165) is 53.6 Å². The third kappa shape index (κ3) is 3.57. The van der Waals surface area contributed by atoms with Crippen molar-refractivity contribution < 1.29 is 13.2 Å². The molecule has 0 radical (unpaired) electrons. The van der Waals surface area contributed by atoms with Crippen LogP contribution in [0.2, 0.25) is 0 Å². The Balaban J connectivity index is 1.51. The summed E-state index contributed by atoms with van der Waals surface area (Å²) in [4.78, 5) is 9.04. The molecule has 8 heteroatoms. The lowest BCUT2D eigenvalue weighted by Gasteiger charge is -2.38. The number of nitrogens with zero attached hydrogens (tertiary/aromatic N) is 4. The summed E-state index contributed by atoms with van der Waals surface area (Å²) in [6.45, 7) is 0. The Labute approximate surface area is 199 Å². The molecule has 2 aromatic heterocycles. The lowest BCUT2D eigenvalue weighted by Crippen LogP contribution is -2.43. The fraction of sp³-hybridized carbons (Fsp3) is 0.148. The molecule has 5 nitrogen and oxygen atoms in total. The van der Waals surface area contributed by atoms with Gasteiger partial charge in [0.25, 0.3) is 5.78 Å². The maximum atomic E-state index is 14.4. The number of benzene rings is 3. The van der Waals surface area contributed by atoms with Crippen molar-refractivity contribution in [3.05, 3.63) is 95.9 Å². The summed E-state index contributed by atoms with van der Waals surface area (Å²) >= 11 is 0. The molecule has 0 bridgehead atoms. The third-order valence-corrected chi connectivity index (χ3v) is 6.67. The summed E-state index contributed by atoms with van der Waals surface area (Å²) in [7, 11) is 0. The van der Waals surface area contributed by atoms with Crippen molar-refractivity contribution in [1.29, 1.82) is 0 Å². The van der Waals surface area contributed by atoms with Crippen LogP contribution in [0.1, 0.15) is 24.8 Å². The zero-order chi connectivity index (χ0) is 24.2. The quantitative estimate of drug-likeness (QED) is 0.332. The first-order valence-corrected chi connectivity index (χ1v) is 11.3. The Morgan fingerprint density at radius 2 is 1.51 bits per heavy atom. The van der Waals surface area contributed by atoms with Gasteiger partial charge in [0, 0.05) is 22.9 Å². The molecule has 1 aliphatic carbocycles. The Morgan fingerprint density at radius 3 is 2.20 bits per heavy atom. The second-order valence-electron chi connectivity index (χ2n) is 8.86. The predicted molar refractivity (Wildman–Crippen MR) is 127 cm³/mol. The molecule has 1 fully saturated rings. The van der Waals surface area contributed by atoms with Crippen molar-refractivity contribution in [2.45, 2.75) is 24.8 Å². The van der Waals surface area contributed by atoms with Gasteiger partial charge in [0.2, 0.25) is 0 Å². The van der Waals surface area contributed by atoms with Crippen molar-refractivity contribution in [3.63, 3.8) is 0 Å². The van der Waals surface area contributed by atoms with Gasteiger partial charge in [-0.25, -0.2) is 22.7 Å². The normalized spacial score (nSPS) is 14.7. The van der Waals surface area contributed by atoms with E-state index in [1.54, 1.807) is 6.20 Å². The lowest BCUT2D eigenvalue weighted by atomic mass is 9.72. The Morgan fingerprint density at radius 1 is 0.771 bits per heavy atom. The molecule has 2 heterocycles. The molecule has 0 unspecified atom stereocenters. The van der Waals surface area contributed by atoms with Crippen LogP contribution in [0.25, 0.3) is 39.5 Å². The molecule has 1 aliphatic rings. The van der Waals surface area contributed by atoms with E-state index >= 15 is 0 Å². The SMILES string of the molecule is NC1(c2ccc(-c3nc4nc(-c5ccc(F)c(F)c5F)nn4cc3-c3ccccc3)cc2)CCC1. The number of aromatic nitrogens is 4. The molecule has 2 N–H and O–H groups in total. The summed E-state index contributed by atoms with van der Waals surface area (Å²) in [5.74, 6) is -4.06. The van der Waals surface area contributed by atoms with Crippen LogP contribution in [0.5, 0.6) is 0 Å². The highest BCUT2D eigenvalue weighted by molar-refractivity contribution is 5.81. The molecule has 1 saturated carbocycles. The van der Waals surface area contributed by atoms with Crippen LogP contribution < -0.4 is 5.73 Å². The van der Waals surface area contributed by atoms with E-state index in [2.05, 4.69) is 10.1 Å². The number of rotatable bonds is 4. The first kappa shape index (κ1) is 21.5. The van der Waals surface area contributed by atoms with Crippen molar-refractivity contribution in [2.75, 3.05) is 0 Å². The minimum Gasteiger partial charge on any atom is -0.321 e. The van der Waals surface area contributed by atoms with E-state index in [-0.39, 0.29) is 22.7 Å². The average molecular weight is 471 g/mol. The topological polar surface area (TPSA) is 69.1 Å². The van der Waals surface area contributed by atoms with Gasteiger partial charge in [-0.15, -0.1) is 5.10 Å². The molecular formula is C27H20F3N5. The van der Waals surface area contributed by atoms with Crippen LogP contribution >= 0.6 is 0 Å². The van der Waals surface area contributed by atoms with Crippen molar-refractivity contribution in [1.82, 2.24) is 19.6 Å². The number of hydrogen-bond donors (Lipinski definition) is 1. The standard InChI is InChI=1S/C27H20F3N5/c28-21-12-11-19(22(29)23(21)30)25-33-26-32-24(17-7-9-18(10-8-17)27(31)13-4-14-27)20(15-35(26)34-25)16-5-2-1-3-6-16/h1-3,5-12,15H,4,13-14,31H2. The highest BCUT2D eigenvalue weighted by Gasteiger charge is 2.34. The van der Waals surface area contributed by atoms with E-state index in [1.807, 2.05) is 54.6 Å². The summed E-state index contributed by atoms with van der Waals surface area (Å²) < 4.78 is 43.0. The van der Waals surface area contributed by atoms with Crippen LogP contribution in [-0.4, -0.2) is 19.6 Å². The van der Waals surface area contributed by atoms with Gasteiger partial charge in [-0.05, 0) is 42.5 Å². The van der Waals surface area contributed by atoms with Gasteiger partial charge in [-0.2, -0.15) is 4.98 Å². The lowest BCUT2D eigenvalue weighted by molar-refractivity contribution is 0.253. The monoisotopic (exact) mass is 471 g/mol. The zero-order valence-corrected chi connectivity index (χ0v) is 18.5. The van der Waals surface area contributed by atoms with E-state index < -0.39 is 17.5 Å². The van der Waals surface area contributed by atoms with Crippen molar-refractivity contribution >= 4 is 5.78 Å². The number of hydrogen-bond acceptors (Lipinski definition) is 4. The smallest absolute Gasteiger partial charge is 0.253 e. The summed E-state index contributed by atoms with van der Waals surface area (Å²) in [5, 5.41) is 4.30. The van der Waals surface area contributed by atoms with Crippen molar-refractivity contribution in [3.8, 4) is 33.8 Å². The zero-order valence-electron chi connectivity index (χ0n) is 18.5. The van der Waals surface area contributed by atoms with Crippen LogP contribution in [-0.2, 0) is 5.54 Å².